The molecule has 2 saturated heterocycles. The molecule has 0 aromatic heterocycles. The number of unbranched alkanes of at least 4 members (excludes halogenated alkanes) is 2. The maximum Gasteiger partial charge on any atom is 0.338 e. The van der Waals surface area contributed by atoms with Gasteiger partial charge in [-0.25, -0.2) is 14.4 Å². The van der Waals surface area contributed by atoms with Crippen LogP contribution >= 0.6 is 0 Å². The molecule has 0 saturated carbocycles. The fraction of sp³-hybridized carbons (Fsp3) is 0.431. The molecule has 0 N–H and O–H groups in total. The van der Waals surface area contributed by atoms with Gasteiger partial charge in [-0.15, -0.1) is 0 Å². The van der Waals surface area contributed by atoms with Gasteiger partial charge in [0, 0.05) is 38.3 Å². The van der Waals surface area contributed by atoms with E-state index in [9.17, 15) is 43.2 Å². The zero-order valence-electron chi connectivity index (χ0n) is 45.4. The predicted octanol–water partition coefficient (Wildman–Crippen LogP) is 6.99. The summed E-state index contributed by atoms with van der Waals surface area (Å²) in [7, 11) is 0. The summed E-state index contributed by atoms with van der Waals surface area (Å²) in [5.41, 5.74) is 11.1. The van der Waals surface area contributed by atoms with Crippen LogP contribution in [0.3, 0.4) is 0 Å². The summed E-state index contributed by atoms with van der Waals surface area (Å²) >= 11 is 0. The van der Waals surface area contributed by atoms with E-state index in [1.54, 1.807) is 57.2 Å². The summed E-state index contributed by atoms with van der Waals surface area (Å²) in [6.45, 7) is 7.41. The highest BCUT2D eigenvalue weighted by molar-refractivity contribution is 6.21. The van der Waals surface area contributed by atoms with Crippen LogP contribution in [-0.2, 0) is 66.5 Å². The number of imide groups is 1. The van der Waals surface area contributed by atoms with Crippen LogP contribution in [-0.4, -0.2) is 146 Å². The number of azide groups is 1. The van der Waals surface area contributed by atoms with Gasteiger partial charge in [0.1, 0.15) is 43.4 Å². The lowest BCUT2D eigenvalue weighted by Crippen LogP contribution is -2.70. The van der Waals surface area contributed by atoms with Crippen molar-refractivity contribution >= 4 is 53.4 Å². The highest BCUT2D eigenvalue weighted by Gasteiger charge is 2.60. The maximum atomic E-state index is 14.7. The van der Waals surface area contributed by atoms with Crippen molar-refractivity contribution in [3.63, 3.8) is 0 Å². The first-order valence-corrected chi connectivity index (χ1v) is 26.2. The first-order valence-electron chi connectivity index (χ1n) is 26.2. The molecule has 23 heteroatoms. The molecular formula is C58H62N4O19. The van der Waals surface area contributed by atoms with E-state index in [2.05, 4.69) is 10.0 Å². The van der Waals surface area contributed by atoms with Gasteiger partial charge in [0.2, 0.25) is 0 Å². The second-order valence-corrected chi connectivity index (χ2v) is 19.6. The average molecular weight is 1120 g/mol. The van der Waals surface area contributed by atoms with Crippen molar-refractivity contribution in [2.45, 2.75) is 135 Å². The number of carbonyl (C=O) groups excluding carboxylic acids is 9. The number of carbonyl (C=O) groups is 9. The lowest BCUT2D eigenvalue weighted by Gasteiger charge is -2.50. The van der Waals surface area contributed by atoms with Gasteiger partial charge < -0.3 is 52.2 Å². The average Bonchev–Trinajstić information content (AvgIpc) is 3.98. The number of fused-ring (bicyclic) bond motifs is 1. The molecule has 4 aromatic carbocycles. The number of hydrogen-bond acceptors (Lipinski definition) is 20. The Kier molecular flexibility index (Phi) is 21.0. The molecular weight excluding hydrogens is 1060 g/mol. The topological polar surface area (TPSA) is 298 Å². The highest BCUT2D eigenvalue weighted by atomic mass is 16.8. The van der Waals surface area contributed by atoms with Gasteiger partial charge in [0.25, 0.3) is 11.8 Å². The minimum Gasteiger partial charge on any atom is -0.463 e. The summed E-state index contributed by atoms with van der Waals surface area (Å²) in [5.74, 6) is -7.78. The van der Waals surface area contributed by atoms with E-state index in [1.807, 2.05) is 0 Å². The summed E-state index contributed by atoms with van der Waals surface area (Å²) in [5, 5.41) is 3.56. The van der Waals surface area contributed by atoms with Crippen molar-refractivity contribution in [3.05, 3.63) is 152 Å². The number of hydrogen-bond donors (Lipinski definition) is 0. The van der Waals surface area contributed by atoms with Crippen LogP contribution in [0.4, 0.5) is 0 Å². The van der Waals surface area contributed by atoms with E-state index < -0.39 is 122 Å². The van der Waals surface area contributed by atoms with Crippen molar-refractivity contribution in [2.75, 3.05) is 26.4 Å². The monoisotopic (exact) mass is 1120 g/mol. The van der Waals surface area contributed by atoms with Crippen molar-refractivity contribution in [1.82, 2.24) is 4.90 Å². The van der Waals surface area contributed by atoms with Gasteiger partial charge in [-0.1, -0.05) is 76.8 Å². The van der Waals surface area contributed by atoms with Crippen LogP contribution in [0.5, 0.6) is 0 Å². The number of ketones is 1. The number of Topliss-reactive ketones (excluding diaryl/α,β-unsaturated/α-hetero) is 1. The quantitative estimate of drug-likeness (QED) is 0.0130. The second-order valence-electron chi connectivity index (χ2n) is 19.6. The fourth-order valence-corrected chi connectivity index (χ4v) is 9.16. The Labute approximate surface area is 465 Å². The zero-order valence-corrected chi connectivity index (χ0v) is 45.4. The van der Waals surface area contributed by atoms with Crippen LogP contribution in [0.1, 0.15) is 121 Å². The van der Waals surface area contributed by atoms with Gasteiger partial charge in [-0.05, 0) is 94.6 Å². The molecule has 2 fully saturated rings. The number of esters is 6. The predicted molar refractivity (Wildman–Crippen MR) is 281 cm³/mol. The molecule has 4 aromatic rings. The Morgan fingerprint density at radius 2 is 1.04 bits per heavy atom. The normalized spacial score (nSPS) is 23.0. The smallest absolute Gasteiger partial charge is 0.338 e. The van der Waals surface area contributed by atoms with E-state index in [0.29, 0.717) is 19.3 Å². The standard InChI is InChI=1S/C58H62N4O19/c1-32-14-21-38(22-15-32)54(69)78-48-44(31-74-45(66)27-20-35(4)63)77-58(51(80-56(71)40-25-18-34(3)19-26-40)50(48)79-55(70)39-23-16-33(2)17-24-39)81-49-46(62-52(67)41-12-8-9-13-42(41)53(62)68)57(72-29-11-7-10-28-60-61-59)76-43(30-73-36(5)64)47(49)75-37(6)65/h8-9,12-19,21-26,43-44,46-51,57-58H,7,10-11,20,27-31H2,1-6H3/t43-,44-,46-,47+,48-,49-,50+,51-,57-,58+/m1/s1. The minimum absolute atomic E-state index is 0.0138. The summed E-state index contributed by atoms with van der Waals surface area (Å²) in [6, 6.07) is 22.7. The number of nitrogens with zero attached hydrogens (tertiary/aromatic N) is 4. The molecule has 428 valence electrons. The molecule has 0 spiro atoms. The third-order valence-corrected chi connectivity index (χ3v) is 13.3. The van der Waals surface area contributed by atoms with Crippen molar-refractivity contribution in [2.24, 2.45) is 5.11 Å². The number of amides is 2. The summed E-state index contributed by atoms with van der Waals surface area (Å²) < 4.78 is 62.4. The van der Waals surface area contributed by atoms with Gasteiger partial charge in [-0.2, -0.15) is 0 Å². The molecule has 0 aliphatic carbocycles. The first-order chi connectivity index (χ1) is 38.8. The fourth-order valence-electron chi connectivity index (χ4n) is 9.16. The molecule has 3 heterocycles. The molecule has 81 heavy (non-hydrogen) atoms. The van der Waals surface area contributed by atoms with Gasteiger partial charge in [0.15, 0.2) is 37.0 Å². The highest BCUT2D eigenvalue weighted by Crippen LogP contribution is 2.39. The second kappa shape index (κ2) is 28.2. The number of rotatable bonds is 24. The van der Waals surface area contributed by atoms with Crippen molar-refractivity contribution < 1.29 is 90.5 Å². The third-order valence-electron chi connectivity index (χ3n) is 13.3. The zero-order chi connectivity index (χ0) is 58.3. The number of ether oxygens (including phenoxy) is 10. The van der Waals surface area contributed by atoms with Crippen LogP contribution in [0.2, 0.25) is 0 Å². The molecule has 0 unspecified atom stereocenters. The lowest BCUT2D eigenvalue weighted by molar-refractivity contribution is -0.348. The number of benzene rings is 4. The van der Waals surface area contributed by atoms with E-state index in [0.717, 1.165) is 35.4 Å². The Balaban J connectivity index is 1.43. The minimum atomic E-state index is -2.12. The molecule has 2 amide bonds. The molecule has 7 rings (SSSR count). The molecule has 0 bridgehead atoms. The van der Waals surface area contributed by atoms with Gasteiger partial charge in [0.05, 0.1) is 34.2 Å². The molecule has 0 radical (unpaired) electrons. The van der Waals surface area contributed by atoms with E-state index >= 15 is 0 Å². The van der Waals surface area contributed by atoms with Gasteiger partial charge in [-0.3, -0.25) is 28.9 Å². The number of aryl methyl sites for hydroxylation is 3. The van der Waals surface area contributed by atoms with Crippen LogP contribution < -0.4 is 0 Å². The molecule has 10 atom stereocenters. The first kappa shape index (κ1) is 60.3. The van der Waals surface area contributed by atoms with Gasteiger partial charge >= 0.3 is 35.8 Å². The SMILES string of the molecule is CC(=O)CCC(=O)OC[C@H]1O[C@@H](O[C@H]2[C@@H](OC(C)=O)[C@@H](COC(C)=O)O[C@@H](OCCCCCN=[N+]=[N-])[C@@H]2N2C(=O)c3ccccc3C2=O)[C@H](OC(=O)c2ccc(C)cc2)[C@@H](OC(=O)c2ccc(C)cc2)[C@@H]1OC(=O)c1ccc(C)cc1. The Bertz CT molecular complexity index is 2960. The third kappa shape index (κ3) is 15.7. The summed E-state index contributed by atoms with van der Waals surface area (Å²) in [4.78, 5) is 128. The Hall–Kier alpha value is -8.34. The van der Waals surface area contributed by atoms with E-state index in [1.165, 1.54) is 67.6 Å². The van der Waals surface area contributed by atoms with E-state index in [-0.39, 0.29) is 59.6 Å². The Morgan fingerprint density at radius 3 is 1.53 bits per heavy atom. The van der Waals surface area contributed by atoms with Crippen molar-refractivity contribution in [3.8, 4) is 0 Å². The van der Waals surface area contributed by atoms with Crippen LogP contribution in [0.25, 0.3) is 10.4 Å². The maximum absolute atomic E-state index is 14.7. The largest absolute Gasteiger partial charge is 0.463 e. The van der Waals surface area contributed by atoms with Crippen LogP contribution in [0.15, 0.2) is 102 Å². The van der Waals surface area contributed by atoms with E-state index in [4.69, 9.17) is 52.9 Å². The Morgan fingerprint density at radius 1 is 0.556 bits per heavy atom. The summed E-state index contributed by atoms with van der Waals surface area (Å²) in [6.07, 6.45) is -15.9. The van der Waals surface area contributed by atoms with Crippen molar-refractivity contribution in [1.29, 1.82) is 0 Å². The molecule has 3 aliphatic heterocycles. The van der Waals surface area contributed by atoms with Crippen LogP contribution in [0, 0.1) is 20.8 Å². The molecule has 23 nitrogen and oxygen atoms in total. The lowest BCUT2D eigenvalue weighted by atomic mass is 9.93. The molecule has 3 aliphatic rings.